The molecule has 0 unspecified atom stereocenters. The summed E-state index contributed by atoms with van der Waals surface area (Å²) in [5, 5.41) is 12.7. The molecule has 0 saturated heterocycles. The van der Waals surface area contributed by atoms with E-state index >= 15 is 0 Å². The van der Waals surface area contributed by atoms with Gasteiger partial charge in [0.05, 0.1) is 10.2 Å². The Balaban J connectivity index is 1.87. The fourth-order valence-electron chi connectivity index (χ4n) is 2.96. The maximum atomic E-state index is 12.4. The van der Waals surface area contributed by atoms with E-state index < -0.39 is 11.9 Å². The van der Waals surface area contributed by atoms with Crippen LogP contribution in [0.2, 0.25) is 5.02 Å². The lowest BCUT2D eigenvalue weighted by Gasteiger charge is -2.15. The molecule has 0 heterocycles. The van der Waals surface area contributed by atoms with Crippen LogP contribution in [0.5, 0.6) is 11.5 Å². The molecule has 2 N–H and O–H groups in total. The van der Waals surface area contributed by atoms with Gasteiger partial charge < -0.3 is 19.9 Å². The van der Waals surface area contributed by atoms with E-state index in [4.69, 9.17) is 21.1 Å². The Morgan fingerprint density at radius 2 is 1.82 bits per heavy atom. The highest BCUT2D eigenvalue weighted by atomic mass is 127. The van der Waals surface area contributed by atoms with Gasteiger partial charge in [-0.15, -0.1) is 0 Å². The average Bonchev–Trinajstić information content (AvgIpc) is 2.79. The number of hydrogen-bond donors (Lipinski definition) is 2. The SMILES string of the molecule is CCOc1cc(/C=C(/NC(=O)c2ccccc2)C(=O)O)cc(I)c1OCc1cccc(Cl)c1. The second-order valence-corrected chi connectivity index (χ2v) is 8.46. The van der Waals surface area contributed by atoms with Gasteiger partial charge in [-0.2, -0.15) is 0 Å². The van der Waals surface area contributed by atoms with Crippen molar-refractivity contribution in [2.24, 2.45) is 0 Å². The van der Waals surface area contributed by atoms with Crippen LogP contribution in [0.25, 0.3) is 6.08 Å². The summed E-state index contributed by atoms with van der Waals surface area (Å²) in [4.78, 5) is 24.2. The second kappa shape index (κ2) is 11.7. The number of rotatable bonds is 9. The third-order valence-corrected chi connectivity index (χ3v) is 5.47. The molecule has 0 aliphatic heterocycles. The van der Waals surface area contributed by atoms with Gasteiger partial charge in [0.1, 0.15) is 12.3 Å². The highest BCUT2D eigenvalue weighted by molar-refractivity contribution is 14.1. The molecule has 3 aromatic rings. The van der Waals surface area contributed by atoms with Gasteiger partial charge in [-0.25, -0.2) is 4.79 Å². The lowest BCUT2D eigenvalue weighted by atomic mass is 10.1. The third-order valence-electron chi connectivity index (χ3n) is 4.43. The van der Waals surface area contributed by atoms with E-state index in [2.05, 4.69) is 27.9 Å². The van der Waals surface area contributed by atoms with Crippen LogP contribution in [0.3, 0.4) is 0 Å². The number of carboxylic acids is 1. The zero-order valence-corrected chi connectivity index (χ0v) is 20.6. The van der Waals surface area contributed by atoms with E-state index in [9.17, 15) is 14.7 Å². The highest BCUT2D eigenvalue weighted by Gasteiger charge is 2.16. The molecule has 8 heteroatoms. The average molecular weight is 578 g/mol. The van der Waals surface area contributed by atoms with E-state index in [1.807, 2.05) is 25.1 Å². The van der Waals surface area contributed by atoms with Crippen molar-refractivity contribution in [3.8, 4) is 11.5 Å². The molecule has 0 fully saturated rings. The van der Waals surface area contributed by atoms with Crippen LogP contribution >= 0.6 is 34.2 Å². The highest BCUT2D eigenvalue weighted by Crippen LogP contribution is 2.35. The molecule has 3 rings (SSSR count). The molecule has 6 nitrogen and oxygen atoms in total. The Morgan fingerprint density at radius 1 is 1.06 bits per heavy atom. The number of carbonyl (C=O) groups is 2. The van der Waals surface area contributed by atoms with Crippen molar-refractivity contribution in [3.05, 3.63) is 97.7 Å². The Kier molecular flexibility index (Phi) is 8.73. The molecule has 0 aliphatic rings. The maximum Gasteiger partial charge on any atom is 0.352 e. The monoisotopic (exact) mass is 577 g/mol. The smallest absolute Gasteiger partial charge is 0.352 e. The summed E-state index contributed by atoms with van der Waals surface area (Å²) in [6, 6.07) is 19.2. The van der Waals surface area contributed by atoms with Crippen molar-refractivity contribution in [2.45, 2.75) is 13.5 Å². The first-order valence-electron chi connectivity index (χ1n) is 10.0. The predicted molar refractivity (Wildman–Crippen MR) is 136 cm³/mol. The van der Waals surface area contributed by atoms with Gasteiger partial charge in [-0.3, -0.25) is 4.79 Å². The Labute approximate surface area is 210 Å². The largest absolute Gasteiger partial charge is 0.490 e. The number of halogens is 2. The van der Waals surface area contributed by atoms with Gasteiger partial charge in [0.25, 0.3) is 5.91 Å². The fourth-order valence-corrected chi connectivity index (χ4v) is 3.95. The molecule has 0 aromatic heterocycles. The maximum absolute atomic E-state index is 12.4. The lowest BCUT2D eigenvalue weighted by molar-refractivity contribution is -0.132. The summed E-state index contributed by atoms with van der Waals surface area (Å²) in [6.45, 7) is 2.53. The summed E-state index contributed by atoms with van der Waals surface area (Å²) < 4.78 is 12.5. The van der Waals surface area contributed by atoms with Crippen molar-refractivity contribution in [1.82, 2.24) is 5.32 Å². The van der Waals surface area contributed by atoms with Gasteiger partial charge in [0.2, 0.25) is 0 Å². The molecule has 170 valence electrons. The summed E-state index contributed by atoms with van der Waals surface area (Å²) >= 11 is 8.15. The number of hydrogen-bond acceptors (Lipinski definition) is 4. The predicted octanol–water partition coefficient (Wildman–Crippen LogP) is 5.78. The number of aliphatic carboxylic acids is 1. The Bertz CT molecular complexity index is 1180. The molecule has 0 bridgehead atoms. The van der Waals surface area contributed by atoms with Crippen LogP contribution in [-0.4, -0.2) is 23.6 Å². The molecular weight excluding hydrogens is 557 g/mol. The van der Waals surface area contributed by atoms with E-state index in [1.165, 1.54) is 6.08 Å². The standard InChI is InChI=1S/C25H21ClINO5/c1-2-32-22-14-17(12-20(27)23(22)33-15-16-7-6-10-19(26)11-16)13-21(25(30)31)28-24(29)18-8-4-3-5-9-18/h3-14H,2,15H2,1H3,(H,28,29)(H,30,31)/b21-13+. The van der Waals surface area contributed by atoms with Gasteiger partial charge in [0, 0.05) is 10.6 Å². The fraction of sp³-hybridized carbons (Fsp3) is 0.120. The summed E-state index contributed by atoms with van der Waals surface area (Å²) in [5.74, 6) is -0.754. The molecule has 0 saturated carbocycles. The van der Waals surface area contributed by atoms with Gasteiger partial charge in [-0.05, 0) is 83.1 Å². The van der Waals surface area contributed by atoms with Crippen molar-refractivity contribution in [1.29, 1.82) is 0 Å². The summed E-state index contributed by atoms with van der Waals surface area (Å²) in [5.41, 5.74) is 1.55. The third kappa shape index (κ3) is 6.97. The van der Waals surface area contributed by atoms with E-state index in [0.717, 1.165) is 9.13 Å². The van der Waals surface area contributed by atoms with Crippen LogP contribution in [0.15, 0.2) is 72.4 Å². The zero-order valence-electron chi connectivity index (χ0n) is 17.7. The van der Waals surface area contributed by atoms with Crippen molar-refractivity contribution in [2.75, 3.05) is 6.61 Å². The lowest BCUT2D eigenvalue weighted by Crippen LogP contribution is -2.27. The Hall–Kier alpha value is -3.04. The quantitative estimate of drug-likeness (QED) is 0.249. The van der Waals surface area contributed by atoms with Crippen LogP contribution in [-0.2, 0) is 11.4 Å². The van der Waals surface area contributed by atoms with Crippen LogP contribution < -0.4 is 14.8 Å². The molecular formula is C25H21ClINO5. The van der Waals surface area contributed by atoms with E-state index in [-0.39, 0.29) is 5.70 Å². The van der Waals surface area contributed by atoms with Gasteiger partial charge in [0.15, 0.2) is 11.5 Å². The topological polar surface area (TPSA) is 84.9 Å². The zero-order chi connectivity index (χ0) is 23.8. The van der Waals surface area contributed by atoms with Gasteiger partial charge in [-0.1, -0.05) is 41.9 Å². The number of carbonyl (C=O) groups excluding carboxylic acids is 1. The molecule has 3 aromatic carbocycles. The number of ether oxygens (including phenoxy) is 2. The number of nitrogens with one attached hydrogen (secondary N) is 1. The minimum absolute atomic E-state index is 0.255. The van der Waals surface area contributed by atoms with Crippen LogP contribution in [0, 0.1) is 3.57 Å². The first-order valence-corrected chi connectivity index (χ1v) is 11.5. The van der Waals surface area contributed by atoms with Crippen LogP contribution in [0.1, 0.15) is 28.4 Å². The number of amides is 1. The van der Waals surface area contributed by atoms with Crippen molar-refractivity contribution >= 4 is 52.1 Å². The van der Waals surface area contributed by atoms with E-state index in [1.54, 1.807) is 48.5 Å². The number of benzene rings is 3. The molecule has 0 aliphatic carbocycles. The minimum atomic E-state index is -1.26. The Morgan fingerprint density at radius 3 is 2.48 bits per heavy atom. The molecule has 0 radical (unpaired) electrons. The second-order valence-electron chi connectivity index (χ2n) is 6.86. The van der Waals surface area contributed by atoms with E-state index in [0.29, 0.717) is 40.9 Å². The van der Waals surface area contributed by atoms with Crippen molar-refractivity contribution in [3.63, 3.8) is 0 Å². The first kappa shape index (κ1) is 24.6. The minimum Gasteiger partial charge on any atom is -0.490 e. The van der Waals surface area contributed by atoms with Crippen LogP contribution in [0.4, 0.5) is 0 Å². The van der Waals surface area contributed by atoms with Gasteiger partial charge >= 0.3 is 5.97 Å². The molecule has 1 amide bonds. The first-order chi connectivity index (χ1) is 15.9. The van der Waals surface area contributed by atoms with Crippen molar-refractivity contribution < 1.29 is 24.2 Å². The molecule has 33 heavy (non-hydrogen) atoms. The summed E-state index contributed by atoms with van der Waals surface area (Å²) in [6.07, 6.45) is 1.38. The molecule has 0 atom stereocenters. The summed E-state index contributed by atoms with van der Waals surface area (Å²) in [7, 11) is 0. The number of carboxylic acid groups (broad SMARTS) is 1. The molecule has 0 spiro atoms. The normalized spacial score (nSPS) is 11.1.